The van der Waals surface area contributed by atoms with Crippen molar-refractivity contribution in [3.05, 3.63) is 60.8 Å². The van der Waals surface area contributed by atoms with Gasteiger partial charge in [0.25, 0.3) is 0 Å². The van der Waals surface area contributed by atoms with Gasteiger partial charge >= 0.3 is 11.9 Å². The lowest BCUT2D eigenvalue weighted by molar-refractivity contribution is -0.147. The highest BCUT2D eigenvalue weighted by atomic mass is 16.5. The van der Waals surface area contributed by atoms with Gasteiger partial charge in [-0.2, -0.15) is 0 Å². The van der Waals surface area contributed by atoms with Crippen LogP contribution in [-0.4, -0.2) is 23.1 Å². The summed E-state index contributed by atoms with van der Waals surface area (Å²) in [5.74, 6) is -0.744. The summed E-state index contributed by atoms with van der Waals surface area (Å²) in [4.78, 5) is 23.3. The van der Waals surface area contributed by atoms with Crippen LogP contribution in [0.25, 0.3) is 0 Å². The Morgan fingerprint density at radius 1 is 0.480 bits per heavy atom. The van der Waals surface area contributed by atoms with Crippen LogP contribution in [0.3, 0.4) is 0 Å². The lowest BCUT2D eigenvalue weighted by atomic mass is 10.0. The van der Waals surface area contributed by atoms with Crippen LogP contribution in [0.15, 0.2) is 60.8 Å². The predicted octanol–water partition coefficient (Wildman–Crippen LogP) is 14.9. The molecule has 0 amide bonds. The molecule has 1 atom stereocenters. The van der Waals surface area contributed by atoms with Gasteiger partial charge in [0.05, 0.1) is 0 Å². The number of allylic oxidation sites excluding steroid dienone is 9. The van der Waals surface area contributed by atoms with Crippen LogP contribution in [0.2, 0.25) is 0 Å². The number of carbonyl (C=O) groups excluding carboxylic acids is 1. The maximum atomic E-state index is 12.7. The molecular formula is C46H80O4. The summed E-state index contributed by atoms with van der Waals surface area (Å²) in [6, 6.07) is 0. The highest BCUT2D eigenvalue weighted by molar-refractivity contribution is 5.69. The summed E-state index contributed by atoms with van der Waals surface area (Å²) < 4.78 is 5.93. The molecule has 0 saturated heterocycles. The molecule has 0 aromatic rings. The summed E-state index contributed by atoms with van der Waals surface area (Å²) >= 11 is 0. The minimum absolute atomic E-state index is 0.0434. The van der Waals surface area contributed by atoms with Gasteiger partial charge in [-0.15, -0.1) is 0 Å². The molecule has 0 radical (unpaired) electrons. The normalized spacial score (nSPS) is 12.8. The van der Waals surface area contributed by atoms with E-state index in [0.29, 0.717) is 6.42 Å². The molecule has 1 unspecified atom stereocenters. The maximum absolute atomic E-state index is 12.7. The van der Waals surface area contributed by atoms with Crippen LogP contribution in [0, 0.1) is 0 Å². The van der Waals surface area contributed by atoms with Crippen LogP contribution in [0.4, 0.5) is 0 Å². The minimum atomic E-state index is -0.701. The molecule has 0 heterocycles. The van der Waals surface area contributed by atoms with Crippen molar-refractivity contribution < 1.29 is 19.4 Å². The van der Waals surface area contributed by atoms with Gasteiger partial charge in [-0.1, -0.05) is 178 Å². The monoisotopic (exact) mass is 697 g/mol. The molecule has 288 valence electrons. The van der Waals surface area contributed by atoms with Crippen LogP contribution < -0.4 is 0 Å². The van der Waals surface area contributed by atoms with Gasteiger partial charge in [-0.05, 0) is 83.1 Å². The number of hydrogen-bond acceptors (Lipinski definition) is 3. The number of carboxylic acid groups (broad SMARTS) is 1. The van der Waals surface area contributed by atoms with Crippen LogP contribution in [0.1, 0.15) is 213 Å². The highest BCUT2D eigenvalue weighted by Gasteiger charge is 2.11. The van der Waals surface area contributed by atoms with Crippen molar-refractivity contribution in [3.63, 3.8) is 0 Å². The van der Waals surface area contributed by atoms with E-state index in [0.717, 1.165) is 89.9 Å². The van der Waals surface area contributed by atoms with Crippen LogP contribution in [-0.2, 0) is 14.3 Å². The third-order valence-electron chi connectivity index (χ3n) is 9.21. The number of carbonyl (C=O) groups is 2. The largest absolute Gasteiger partial charge is 0.481 e. The summed E-state index contributed by atoms with van der Waals surface area (Å²) in [6.07, 6.45) is 57.0. The molecule has 0 aliphatic heterocycles. The minimum Gasteiger partial charge on any atom is -0.481 e. The second kappa shape index (κ2) is 41.1. The van der Waals surface area contributed by atoms with E-state index in [1.807, 2.05) is 0 Å². The van der Waals surface area contributed by atoms with Gasteiger partial charge in [0.1, 0.15) is 6.10 Å². The average Bonchev–Trinajstić information content (AvgIpc) is 3.10. The van der Waals surface area contributed by atoms with E-state index in [4.69, 9.17) is 9.84 Å². The van der Waals surface area contributed by atoms with Crippen molar-refractivity contribution in [2.45, 2.75) is 219 Å². The zero-order chi connectivity index (χ0) is 36.4. The van der Waals surface area contributed by atoms with E-state index in [9.17, 15) is 9.59 Å². The highest BCUT2D eigenvalue weighted by Crippen LogP contribution is 2.16. The van der Waals surface area contributed by atoms with E-state index >= 15 is 0 Å². The lowest BCUT2D eigenvalue weighted by Gasteiger charge is -2.15. The second-order valence-corrected chi connectivity index (χ2v) is 14.1. The van der Waals surface area contributed by atoms with Crippen molar-refractivity contribution in [3.8, 4) is 0 Å². The molecule has 4 heteroatoms. The lowest BCUT2D eigenvalue weighted by Crippen LogP contribution is -2.16. The zero-order valence-corrected chi connectivity index (χ0v) is 32.9. The van der Waals surface area contributed by atoms with Crippen molar-refractivity contribution >= 4 is 11.9 Å². The van der Waals surface area contributed by atoms with Gasteiger partial charge in [0.15, 0.2) is 0 Å². The predicted molar refractivity (Wildman–Crippen MR) is 218 cm³/mol. The fourth-order valence-corrected chi connectivity index (χ4v) is 6.08. The Labute approximate surface area is 310 Å². The molecule has 0 bridgehead atoms. The molecule has 4 nitrogen and oxygen atoms in total. The fourth-order valence-electron chi connectivity index (χ4n) is 6.08. The number of esters is 1. The molecule has 1 N–H and O–H groups in total. The molecule has 0 spiro atoms. The Balaban J connectivity index is 3.92. The Morgan fingerprint density at radius 2 is 0.900 bits per heavy atom. The van der Waals surface area contributed by atoms with Gasteiger partial charge in [0, 0.05) is 12.8 Å². The molecule has 0 aliphatic carbocycles. The molecule has 0 rings (SSSR count). The smallest absolute Gasteiger partial charge is 0.306 e. The third-order valence-corrected chi connectivity index (χ3v) is 9.21. The SMILES string of the molecule is CC/C=C\C/C=C\C/C=C\C/C=C\CCCCCCCCCCCCC(=O)OC(/C=C\CCCCCCCC)CCCCCCCCC(=O)O. The maximum Gasteiger partial charge on any atom is 0.306 e. The van der Waals surface area contributed by atoms with E-state index in [2.05, 4.69) is 74.6 Å². The van der Waals surface area contributed by atoms with Crippen molar-refractivity contribution in [1.82, 2.24) is 0 Å². The summed E-state index contributed by atoms with van der Waals surface area (Å²) in [5, 5.41) is 8.78. The third kappa shape index (κ3) is 40.1. The van der Waals surface area contributed by atoms with E-state index in [-0.39, 0.29) is 18.5 Å². The van der Waals surface area contributed by atoms with Crippen molar-refractivity contribution in [2.24, 2.45) is 0 Å². The van der Waals surface area contributed by atoms with Crippen LogP contribution in [0.5, 0.6) is 0 Å². The van der Waals surface area contributed by atoms with Gasteiger partial charge < -0.3 is 9.84 Å². The van der Waals surface area contributed by atoms with Crippen molar-refractivity contribution in [1.29, 1.82) is 0 Å². The fraction of sp³-hybridized carbons (Fsp3) is 0.739. The van der Waals surface area contributed by atoms with E-state index in [1.165, 1.54) is 96.3 Å². The molecular weight excluding hydrogens is 617 g/mol. The van der Waals surface area contributed by atoms with Gasteiger partial charge in [0.2, 0.25) is 0 Å². The molecule has 50 heavy (non-hydrogen) atoms. The van der Waals surface area contributed by atoms with E-state index < -0.39 is 5.97 Å². The average molecular weight is 697 g/mol. The number of ether oxygens (including phenoxy) is 1. The second-order valence-electron chi connectivity index (χ2n) is 14.1. The first kappa shape index (κ1) is 47.6. The summed E-state index contributed by atoms with van der Waals surface area (Å²) in [6.45, 7) is 4.42. The standard InChI is InChI=1S/C46H80O4/c1-3-5-7-9-11-13-14-15-16-17-18-19-20-21-22-23-24-25-26-27-29-35-39-43-46(49)50-44(40-36-32-28-12-10-8-6-4-2)41-37-33-30-31-34-38-42-45(47)48/h5,7,11,13,15-16,18-19,36,40,44H,3-4,6,8-10,12,14,17,20-35,37-39,41-43H2,1-2H3,(H,47,48)/b7-5-,13-11-,16-15-,19-18-,40-36-. The van der Waals surface area contributed by atoms with Gasteiger partial charge in [-0.25, -0.2) is 0 Å². The number of aliphatic carboxylic acids is 1. The summed E-state index contributed by atoms with van der Waals surface area (Å²) in [5.41, 5.74) is 0. The number of carboxylic acids is 1. The number of rotatable bonds is 38. The topological polar surface area (TPSA) is 63.6 Å². The first-order chi connectivity index (χ1) is 24.6. The zero-order valence-electron chi connectivity index (χ0n) is 32.9. The first-order valence-corrected chi connectivity index (χ1v) is 21.3. The molecule has 0 aromatic carbocycles. The van der Waals surface area contributed by atoms with Crippen LogP contribution >= 0.6 is 0 Å². The molecule has 0 aromatic heterocycles. The molecule has 0 aliphatic rings. The Kier molecular flexibility index (Phi) is 39.1. The Hall–Kier alpha value is -2.36. The van der Waals surface area contributed by atoms with E-state index in [1.54, 1.807) is 0 Å². The molecule has 0 fully saturated rings. The van der Waals surface area contributed by atoms with Crippen molar-refractivity contribution in [2.75, 3.05) is 0 Å². The summed E-state index contributed by atoms with van der Waals surface area (Å²) in [7, 11) is 0. The number of hydrogen-bond donors (Lipinski definition) is 1. The first-order valence-electron chi connectivity index (χ1n) is 21.3. The number of unbranched alkanes of at least 4 members (excludes halogenated alkanes) is 21. The molecule has 0 saturated carbocycles. The van der Waals surface area contributed by atoms with Gasteiger partial charge in [-0.3, -0.25) is 9.59 Å². The Morgan fingerprint density at radius 3 is 1.42 bits per heavy atom. The Bertz CT molecular complexity index is 881. The quantitative estimate of drug-likeness (QED) is 0.0396.